The van der Waals surface area contributed by atoms with Crippen LogP contribution in [-0.4, -0.2) is 22.7 Å². The molecule has 1 N–H and O–H groups in total. The average molecular weight is 387 g/mol. The Morgan fingerprint density at radius 2 is 1.48 bits per heavy atom. The summed E-state index contributed by atoms with van der Waals surface area (Å²) in [5.41, 5.74) is 3.45. The summed E-state index contributed by atoms with van der Waals surface area (Å²) in [6.45, 7) is 0. The van der Waals surface area contributed by atoms with Gasteiger partial charge < -0.3 is 14.5 Å². The van der Waals surface area contributed by atoms with Gasteiger partial charge in [-0.1, -0.05) is 55.0 Å². The zero-order valence-electron chi connectivity index (χ0n) is 15.9. The highest BCUT2D eigenvalue weighted by atomic mass is 16.7. The minimum atomic E-state index is -1.08. The fourth-order valence-electron chi connectivity index (χ4n) is 4.25. The normalized spacial score (nSPS) is 18.6. The predicted molar refractivity (Wildman–Crippen MR) is 110 cm³/mol. The first kappa shape index (κ1) is 17.7. The van der Waals surface area contributed by atoms with E-state index in [2.05, 4.69) is 4.98 Å². The molecule has 29 heavy (non-hydrogen) atoms. The third-order valence-electron chi connectivity index (χ3n) is 5.71. The lowest BCUT2D eigenvalue weighted by atomic mass is 9.93. The molecule has 0 radical (unpaired) electrons. The van der Waals surface area contributed by atoms with E-state index in [0.29, 0.717) is 12.8 Å². The second-order valence-electron chi connectivity index (χ2n) is 7.63. The predicted octanol–water partition coefficient (Wildman–Crippen LogP) is 4.98. The summed E-state index contributed by atoms with van der Waals surface area (Å²) >= 11 is 0. The molecule has 3 aromatic rings. The van der Waals surface area contributed by atoms with E-state index in [1.165, 1.54) is 0 Å². The summed E-state index contributed by atoms with van der Waals surface area (Å²) in [7, 11) is 0. The number of aromatic nitrogens is 1. The maximum atomic E-state index is 12.8. The minimum absolute atomic E-state index is 0.0665. The second kappa shape index (κ2) is 6.92. The Bertz CT molecular complexity index is 1100. The van der Waals surface area contributed by atoms with Gasteiger partial charge in [0.1, 0.15) is 5.57 Å². The first-order valence-electron chi connectivity index (χ1n) is 10.00. The Morgan fingerprint density at radius 1 is 0.828 bits per heavy atom. The van der Waals surface area contributed by atoms with Gasteiger partial charge in [-0.2, -0.15) is 0 Å². The molecular formula is C24H21NO4. The number of hydrogen-bond donors (Lipinski definition) is 1. The van der Waals surface area contributed by atoms with Gasteiger partial charge >= 0.3 is 11.9 Å². The number of rotatable bonds is 2. The number of carbonyl (C=O) groups is 2. The largest absolute Gasteiger partial charge is 0.419 e. The van der Waals surface area contributed by atoms with Crippen LogP contribution in [0.3, 0.4) is 0 Å². The summed E-state index contributed by atoms with van der Waals surface area (Å²) in [5.74, 6) is -2.29. The smallest absolute Gasteiger partial charge is 0.348 e. The van der Waals surface area contributed by atoms with Crippen molar-refractivity contribution in [2.24, 2.45) is 0 Å². The van der Waals surface area contributed by atoms with Crippen LogP contribution in [0, 0.1) is 0 Å². The van der Waals surface area contributed by atoms with Gasteiger partial charge in [0.15, 0.2) is 0 Å². The van der Waals surface area contributed by atoms with Crippen LogP contribution in [-0.2, 0) is 19.1 Å². The molecule has 2 fully saturated rings. The number of H-pyrrole nitrogens is 1. The van der Waals surface area contributed by atoms with E-state index in [1.807, 2.05) is 54.6 Å². The SMILES string of the molecule is O=C1OC2(CCCCC2)OC(=O)C1=Cc1c(-c2ccccc2)[nH]c2ccccc12. The number of carbonyl (C=O) groups excluding carboxylic acids is 2. The molecular weight excluding hydrogens is 366 g/mol. The van der Waals surface area contributed by atoms with Crippen LogP contribution in [0.25, 0.3) is 28.2 Å². The monoisotopic (exact) mass is 387 g/mol. The van der Waals surface area contributed by atoms with Crippen LogP contribution < -0.4 is 0 Å². The van der Waals surface area contributed by atoms with Gasteiger partial charge in [0.2, 0.25) is 0 Å². The molecule has 1 saturated heterocycles. The molecule has 2 heterocycles. The molecule has 2 aromatic carbocycles. The van der Waals surface area contributed by atoms with Gasteiger partial charge in [0.25, 0.3) is 5.79 Å². The third-order valence-corrected chi connectivity index (χ3v) is 5.71. The molecule has 1 aliphatic heterocycles. The van der Waals surface area contributed by atoms with Gasteiger partial charge in [0, 0.05) is 29.3 Å². The molecule has 1 aliphatic carbocycles. The molecule has 0 amide bonds. The first-order valence-corrected chi connectivity index (χ1v) is 10.00. The molecule has 1 saturated carbocycles. The summed E-state index contributed by atoms with van der Waals surface area (Å²) in [6.07, 6.45) is 5.58. The summed E-state index contributed by atoms with van der Waals surface area (Å²) in [5, 5.41) is 0.928. The minimum Gasteiger partial charge on any atom is -0.419 e. The van der Waals surface area contributed by atoms with Gasteiger partial charge in [0.05, 0.1) is 5.69 Å². The fraction of sp³-hybridized carbons (Fsp3) is 0.250. The summed E-state index contributed by atoms with van der Waals surface area (Å²) < 4.78 is 11.3. The van der Waals surface area contributed by atoms with Gasteiger partial charge in [-0.05, 0) is 30.5 Å². The second-order valence-corrected chi connectivity index (χ2v) is 7.63. The van der Waals surface area contributed by atoms with Crippen molar-refractivity contribution in [1.29, 1.82) is 0 Å². The Labute approximate surface area is 168 Å². The van der Waals surface area contributed by atoms with Crippen LogP contribution >= 0.6 is 0 Å². The van der Waals surface area contributed by atoms with Crippen LogP contribution in [0.1, 0.15) is 37.7 Å². The van der Waals surface area contributed by atoms with E-state index in [4.69, 9.17) is 9.47 Å². The van der Waals surface area contributed by atoms with E-state index in [-0.39, 0.29) is 5.57 Å². The molecule has 5 nitrogen and oxygen atoms in total. The highest BCUT2D eigenvalue weighted by Crippen LogP contribution is 2.38. The Balaban J connectivity index is 1.60. The zero-order valence-corrected chi connectivity index (χ0v) is 15.9. The van der Waals surface area contributed by atoms with Crippen LogP contribution in [0.5, 0.6) is 0 Å². The van der Waals surface area contributed by atoms with Crippen molar-refractivity contribution in [3.05, 3.63) is 65.7 Å². The quantitative estimate of drug-likeness (QED) is 0.383. The lowest BCUT2D eigenvalue weighted by molar-refractivity contribution is -0.244. The number of benzene rings is 2. The molecule has 146 valence electrons. The van der Waals surface area contributed by atoms with Crippen molar-refractivity contribution in [2.75, 3.05) is 0 Å². The van der Waals surface area contributed by atoms with Crippen molar-refractivity contribution in [3.63, 3.8) is 0 Å². The van der Waals surface area contributed by atoms with Gasteiger partial charge in [-0.25, -0.2) is 9.59 Å². The van der Waals surface area contributed by atoms with Crippen molar-refractivity contribution >= 4 is 28.9 Å². The molecule has 0 unspecified atom stereocenters. The van der Waals surface area contributed by atoms with E-state index in [1.54, 1.807) is 6.08 Å². The van der Waals surface area contributed by atoms with Crippen LogP contribution in [0.4, 0.5) is 0 Å². The Kier molecular flexibility index (Phi) is 4.23. The highest BCUT2D eigenvalue weighted by molar-refractivity contribution is 6.20. The molecule has 2 aliphatic rings. The lowest BCUT2D eigenvalue weighted by Gasteiger charge is -2.38. The van der Waals surface area contributed by atoms with Crippen LogP contribution in [0.2, 0.25) is 0 Å². The third kappa shape index (κ3) is 3.12. The van der Waals surface area contributed by atoms with E-state index in [0.717, 1.165) is 47.0 Å². The molecule has 5 heteroatoms. The Morgan fingerprint density at radius 3 is 2.21 bits per heavy atom. The van der Waals surface area contributed by atoms with Crippen molar-refractivity contribution in [2.45, 2.75) is 37.9 Å². The maximum Gasteiger partial charge on any atom is 0.348 e. The van der Waals surface area contributed by atoms with Crippen molar-refractivity contribution in [1.82, 2.24) is 4.98 Å². The molecule has 0 atom stereocenters. The van der Waals surface area contributed by atoms with Gasteiger partial charge in [-0.15, -0.1) is 0 Å². The molecule has 0 bridgehead atoms. The summed E-state index contributed by atoms with van der Waals surface area (Å²) in [4.78, 5) is 29.0. The Hall–Kier alpha value is -3.34. The van der Waals surface area contributed by atoms with Crippen molar-refractivity contribution < 1.29 is 19.1 Å². The number of aromatic amines is 1. The number of nitrogens with one attached hydrogen (secondary N) is 1. The van der Waals surface area contributed by atoms with E-state index >= 15 is 0 Å². The summed E-state index contributed by atoms with van der Waals surface area (Å²) in [6, 6.07) is 17.6. The molecule has 5 rings (SSSR count). The number of esters is 2. The fourth-order valence-corrected chi connectivity index (χ4v) is 4.25. The van der Waals surface area contributed by atoms with Crippen LogP contribution in [0.15, 0.2) is 60.2 Å². The number of fused-ring (bicyclic) bond motifs is 1. The average Bonchev–Trinajstić information content (AvgIpc) is 3.10. The van der Waals surface area contributed by atoms with Crippen molar-refractivity contribution in [3.8, 4) is 11.3 Å². The standard InChI is InChI=1S/C24H21NO4/c26-22-19(23(27)29-24(28-22)13-7-2-8-14-24)15-18-17-11-5-6-12-20(17)25-21(18)16-9-3-1-4-10-16/h1,3-6,9-12,15,25H,2,7-8,13-14H2. The zero-order chi connectivity index (χ0) is 19.8. The number of para-hydroxylation sites is 1. The van der Waals surface area contributed by atoms with E-state index < -0.39 is 17.7 Å². The topological polar surface area (TPSA) is 68.4 Å². The maximum absolute atomic E-state index is 12.8. The number of hydrogen-bond acceptors (Lipinski definition) is 4. The van der Waals surface area contributed by atoms with Gasteiger partial charge in [-0.3, -0.25) is 0 Å². The molecule has 1 spiro atoms. The lowest BCUT2D eigenvalue weighted by Crippen LogP contribution is -2.47. The first-order chi connectivity index (χ1) is 14.2. The molecule has 1 aromatic heterocycles. The number of ether oxygens (including phenoxy) is 2. The highest BCUT2D eigenvalue weighted by Gasteiger charge is 2.46. The van der Waals surface area contributed by atoms with E-state index in [9.17, 15) is 9.59 Å².